The number of anilines is 1. The van der Waals surface area contributed by atoms with Gasteiger partial charge in [-0.2, -0.15) is 0 Å². The number of carbonyl (C=O) groups excluding carboxylic acids is 1. The van der Waals surface area contributed by atoms with Crippen molar-refractivity contribution in [2.45, 2.75) is 68.5 Å². The van der Waals surface area contributed by atoms with E-state index in [0.29, 0.717) is 17.8 Å². The first-order valence-corrected chi connectivity index (χ1v) is 12.8. The normalized spacial score (nSPS) is 26.5. The minimum absolute atomic E-state index is 0.0118. The SMILES string of the molecule is COc1ccc([C@@]23CC[C@@H](NC(=O)Nc4ccc(F)c(Cl)c4)C[C@@H]2N(C2CCC2)CC3)cc1OC. The van der Waals surface area contributed by atoms with E-state index < -0.39 is 5.82 Å². The van der Waals surface area contributed by atoms with Crippen LogP contribution in [-0.4, -0.2) is 49.8 Å². The molecule has 5 rings (SSSR count). The highest BCUT2D eigenvalue weighted by Crippen LogP contribution is 2.52. The molecule has 2 aromatic rings. The van der Waals surface area contributed by atoms with Crippen LogP contribution in [0.5, 0.6) is 11.5 Å². The van der Waals surface area contributed by atoms with Crippen LogP contribution in [0.4, 0.5) is 14.9 Å². The van der Waals surface area contributed by atoms with Gasteiger partial charge in [0, 0.05) is 29.2 Å². The molecule has 188 valence electrons. The number of nitrogens with one attached hydrogen (secondary N) is 2. The highest BCUT2D eigenvalue weighted by Gasteiger charge is 2.53. The van der Waals surface area contributed by atoms with Crippen LogP contribution in [0.3, 0.4) is 0 Å². The summed E-state index contributed by atoms with van der Waals surface area (Å²) in [7, 11) is 3.34. The summed E-state index contributed by atoms with van der Waals surface area (Å²) in [5.41, 5.74) is 1.81. The number of rotatable bonds is 6. The van der Waals surface area contributed by atoms with E-state index in [4.69, 9.17) is 21.1 Å². The Morgan fingerprint density at radius 1 is 1.09 bits per heavy atom. The Morgan fingerprint density at radius 2 is 1.89 bits per heavy atom. The van der Waals surface area contributed by atoms with Crippen molar-refractivity contribution in [3.05, 3.63) is 52.8 Å². The minimum Gasteiger partial charge on any atom is -0.493 e. The number of likely N-dealkylation sites (tertiary alicyclic amines) is 1. The van der Waals surface area contributed by atoms with Gasteiger partial charge in [0.2, 0.25) is 0 Å². The van der Waals surface area contributed by atoms with E-state index in [0.717, 1.165) is 43.7 Å². The van der Waals surface area contributed by atoms with Gasteiger partial charge >= 0.3 is 6.03 Å². The molecular weight excluding hydrogens is 469 g/mol. The van der Waals surface area contributed by atoms with Gasteiger partial charge in [-0.15, -0.1) is 0 Å². The highest BCUT2D eigenvalue weighted by molar-refractivity contribution is 6.31. The number of methoxy groups -OCH3 is 2. The number of urea groups is 1. The molecule has 35 heavy (non-hydrogen) atoms. The molecular formula is C27H33ClFN3O3. The van der Waals surface area contributed by atoms with Crippen molar-refractivity contribution >= 4 is 23.3 Å². The molecule has 0 radical (unpaired) electrons. The van der Waals surface area contributed by atoms with Crippen LogP contribution < -0.4 is 20.1 Å². The average molecular weight is 502 g/mol. The largest absolute Gasteiger partial charge is 0.493 e. The Kier molecular flexibility index (Phi) is 6.82. The first-order valence-electron chi connectivity index (χ1n) is 12.4. The minimum atomic E-state index is -0.506. The number of nitrogens with zero attached hydrogens (tertiary/aromatic N) is 1. The Hall–Kier alpha value is -2.51. The maximum Gasteiger partial charge on any atom is 0.319 e. The van der Waals surface area contributed by atoms with Gasteiger partial charge in [0.05, 0.1) is 19.2 Å². The second-order valence-electron chi connectivity index (χ2n) is 10.0. The lowest BCUT2D eigenvalue weighted by Crippen LogP contribution is -2.55. The smallest absolute Gasteiger partial charge is 0.319 e. The number of fused-ring (bicyclic) bond motifs is 1. The van der Waals surface area contributed by atoms with Gasteiger partial charge in [0.1, 0.15) is 5.82 Å². The second-order valence-corrected chi connectivity index (χ2v) is 10.4. The van der Waals surface area contributed by atoms with E-state index in [2.05, 4.69) is 27.7 Å². The second kappa shape index (κ2) is 9.86. The molecule has 0 bridgehead atoms. The lowest BCUT2D eigenvalue weighted by Gasteiger charge is -2.48. The lowest BCUT2D eigenvalue weighted by molar-refractivity contribution is 0.0646. The third kappa shape index (κ3) is 4.56. The van der Waals surface area contributed by atoms with Gasteiger partial charge < -0.3 is 20.1 Å². The van der Waals surface area contributed by atoms with Crippen molar-refractivity contribution in [1.29, 1.82) is 0 Å². The summed E-state index contributed by atoms with van der Waals surface area (Å²) in [4.78, 5) is 15.5. The van der Waals surface area contributed by atoms with Crippen LogP contribution in [0.25, 0.3) is 0 Å². The van der Waals surface area contributed by atoms with E-state index in [-0.39, 0.29) is 22.5 Å². The van der Waals surface area contributed by atoms with Crippen molar-refractivity contribution in [2.24, 2.45) is 0 Å². The number of carbonyl (C=O) groups is 1. The monoisotopic (exact) mass is 501 g/mol. The summed E-state index contributed by atoms with van der Waals surface area (Å²) in [6, 6.07) is 11.3. The van der Waals surface area contributed by atoms with Crippen molar-refractivity contribution in [3.8, 4) is 11.5 Å². The number of hydrogen-bond acceptors (Lipinski definition) is 4. The topological polar surface area (TPSA) is 62.8 Å². The number of halogens is 2. The molecule has 2 amide bonds. The zero-order valence-electron chi connectivity index (χ0n) is 20.3. The van der Waals surface area contributed by atoms with Crippen LogP contribution in [0.2, 0.25) is 5.02 Å². The number of ether oxygens (including phenoxy) is 2. The fraction of sp³-hybridized carbons (Fsp3) is 0.519. The van der Waals surface area contributed by atoms with Crippen molar-refractivity contribution in [1.82, 2.24) is 10.2 Å². The Labute approximate surface area is 211 Å². The Morgan fingerprint density at radius 3 is 2.57 bits per heavy atom. The van der Waals surface area contributed by atoms with Gasteiger partial charge in [-0.3, -0.25) is 4.90 Å². The van der Waals surface area contributed by atoms with Gasteiger partial charge in [0.15, 0.2) is 11.5 Å². The molecule has 0 unspecified atom stereocenters. The first kappa shape index (κ1) is 24.2. The molecule has 2 saturated carbocycles. The summed E-state index contributed by atoms with van der Waals surface area (Å²) in [5, 5.41) is 5.95. The third-order valence-electron chi connectivity index (χ3n) is 8.32. The van der Waals surface area contributed by atoms with E-state index in [1.807, 2.05) is 6.07 Å². The molecule has 1 aliphatic heterocycles. The number of hydrogen-bond donors (Lipinski definition) is 2. The van der Waals surface area contributed by atoms with Gasteiger partial charge in [0.25, 0.3) is 0 Å². The molecule has 2 N–H and O–H groups in total. The summed E-state index contributed by atoms with van der Waals surface area (Å²) in [5.74, 6) is 0.998. The van der Waals surface area contributed by atoms with Crippen LogP contribution >= 0.6 is 11.6 Å². The molecule has 3 aliphatic rings. The molecule has 3 fully saturated rings. The summed E-state index contributed by atoms with van der Waals surface area (Å²) in [6.07, 6.45) is 7.68. The van der Waals surface area contributed by atoms with E-state index >= 15 is 0 Å². The molecule has 1 saturated heterocycles. The van der Waals surface area contributed by atoms with E-state index in [1.54, 1.807) is 14.2 Å². The molecule has 8 heteroatoms. The lowest BCUT2D eigenvalue weighted by atomic mass is 9.64. The fourth-order valence-corrected chi connectivity index (χ4v) is 6.46. The number of benzene rings is 2. The molecule has 2 aliphatic carbocycles. The van der Waals surface area contributed by atoms with Gasteiger partial charge in [-0.25, -0.2) is 9.18 Å². The van der Waals surface area contributed by atoms with Crippen LogP contribution in [0, 0.1) is 5.82 Å². The summed E-state index contributed by atoms with van der Waals surface area (Å²) >= 11 is 5.86. The average Bonchev–Trinajstić information content (AvgIpc) is 3.19. The fourth-order valence-electron chi connectivity index (χ4n) is 6.28. The van der Waals surface area contributed by atoms with Gasteiger partial charge in [-0.1, -0.05) is 24.1 Å². The summed E-state index contributed by atoms with van der Waals surface area (Å²) < 4.78 is 24.6. The maximum absolute atomic E-state index is 13.5. The third-order valence-corrected chi connectivity index (χ3v) is 8.61. The maximum atomic E-state index is 13.5. The van der Waals surface area contributed by atoms with Crippen LogP contribution in [0.1, 0.15) is 50.5 Å². The van der Waals surface area contributed by atoms with Crippen molar-refractivity contribution < 1.29 is 18.7 Å². The molecule has 6 nitrogen and oxygen atoms in total. The van der Waals surface area contributed by atoms with E-state index in [9.17, 15) is 9.18 Å². The first-order chi connectivity index (χ1) is 16.9. The molecule has 0 aromatic heterocycles. The number of amides is 2. The quantitative estimate of drug-likeness (QED) is 0.530. The summed E-state index contributed by atoms with van der Waals surface area (Å²) in [6.45, 7) is 1.08. The Bertz CT molecular complexity index is 1100. The predicted octanol–water partition coefficient (Wildman–Crippen LogP) is 5.74. The van der Waals surface area contributed by atoms with E-state index in [1.165, 1.54) is 43.0 Å². The zero-order valence-corrected chi connectivity index (χ0v) is 21.0. The molecule has 3 atom stereocenters. The molecule has 2 aromatic carbocycles. The zero-order chi connectivity index (χ0) is 24.6. The van der Waals surface area contributed by atoms with Crippen LogP contribution in [0.15, 0.2) is 36.4 Å². The van der Waals surface area contributed by atoms with Gasteiger partial charge in [-0.05, 0) is 81.0 Å². The van der Waals surface area contributed by atoms with Crippen molar-refractivity contribution in [2.75, 3.05) is 26.1 Å². The standard InChI is InChI=1S/C27H33ClFN3O3/c1-34-23-9-6-17(14-24(23)35-2)27-11-10-19(16-25(27)32(13-12-27)20-4-3-5-20)31-26(33)30-18-7-8-22(29)21(28)15-18/h6-9,14-15,19-20,25H,3-5,10-13,16H2,1-2H3,(H2,30,31,33)/t19-,25+,27+/m1/s1. The van der Waals surface area contributed by atoms with Crippen molar-refractivity contribution in [3.63, 3.8) is 0 Å². The molecule has 0 spiro atoms. The van der Waals surface area contributed by atoms with Crippen LogP contribution in [-0.2, 0) is 5.41 Å². The Balaban J connectivity index is 1.35. The highest BCUT2D eigenvalue weighted by atomic mass is 35.5. The predicted molar refractivity (Wildman–Crippen MR) is 135 cm³/mol. The molecule has 1 heterocycles.